The van der Waals surface area contributed by atoms with Crippen LogP contribution in [0, 0.1) is 0 Å². The maximum Gasteiger partial charge on any atom is 0.259 e. The standard InChI is InChI=1S/C18H20N2O5S/c1-24-16-8-4-7-15(17(16)25-2)18(21)19-13-5-3-6-14(11-13)26(22,23)20-12-9-10-12/h3-8,11-12,20H,9-10H2,1-2H3,(H,19,21). The number of benzene rings is 2. The van der Waals surface area contributed by atoms with Gasteiger partial charge in [0.1, 0.15) is 0 Å². The van der Waals surface area contributed by atoms with Gasteiger partial charge in [-0.1, -0.05) is 12.1 Å². The number of methoxy groups -OCH3 is 2. The average molecular weight is 376 g/mol. The molecule has 2 aromatic rings. The number of ether oxygens (including phenoxy) is 2. The fraction of sp³-hybridized carbons (Fsp3) is 0.278. The summed E-state index contributed by atoms with van der Waals surface area (Å²) < 4.78 is 37.7. The lowest BCUT2D eigenvalue weighted by Crippen LogP contribution is -2.25. The molecule has 7 nitrogen and oxygen atoms in total. The molecule has 8 heteroatoms. The van der Waals surface area contributed by atoms with E-state index in [1.54, 1.807) is 30.3 Å². The van der Waals surface area contributed by atoms with Crippen molar-refractivity contribution in [3.05, 3.63) is 48.0 Å². The van der Waals surface area contributed by atoms with E-state index >= 15 is 0 Å². The molecule has 1 amide bonds. The number of hydrogen-bond donors (Lipinski definition) is 2. The second kappa shape index (κ2) is 7.35. The summed E-state index contributed by atoms with van der Waals surface area (Å²) in [6.07, 6.45) is 1.70. The van der Waals surface area contributed by atoms with Crippen LogP contribution in [0.15, 0.2) is 47.4 Å². The number of carbonyl (C=O) groups is 1. The molecule has 2 N–H and O–H groups in total. The lowest BCUT2D eigenvalue weighted by atomic mass is 10.1. The summed E-state index contributed by atoms with van der Waals surface area (Å²) in [5.74, 6) is 0.322. The third-order valence-corrected chi connectivity index (χ3v) is 5.47. The smallest absolute Gasteiger partial charge is 0.259 e. The largest absolute Gasteiger partial charge is 0.493 e. The van der Waals surface area contributed by atoms with Gasteiger partial charge in [0.05, 0.1) is 24.7 Å². The number of para-hydroxylation sites is 1. The molecule has 0 atom stereocenters. The zero-order chi connectivity index (χ0) is 18.7. The second-order valence-electron chi connectivity index (χ2n) is 5.92. The molecule has 138 valence electrons. The first kappa shape index (κ1) is 18.2. The Morgan fingerprint density at radius 2 is 1.81 bits per heavy atom. The Morgan fingerprint density at radius 3 is 2.46 bits per heavy atom. The number of rotatable bonds is 7. The van der Waals surface area contributed by atoms with Crippen molar-refractivity contribution >= 4 is 21.6 Å². The minimum Gasteiger partial charge on any atom is -0.493 e. The van der Waals surface area contributed by atoms with Crippen LogP contribution in [0.1, 0.15) is 23.2 Å². The predicted octanol–water partition coefficient (Wildman–Crippen LogP) is 2.40. The molecule has 0 radical (unpaired) electrons. The van der Waals surface area contributed by atoms with Gasteiger partial charge >= 0.3 is 0 Å². The average Bonchev–Trinajstić information content (AvgIpc) is 3.44. The molecule has 0 spiro atoms. The molecule has 0 heterocycles. The first-order chi connectivity index (χ1) is 12.4. The lowest BCUT2D eigenvalue weighted by molar-refractivity contribution is 0.102. The van der Waals surface area contributed by atoms with Gasteiger partial charge in [0.15, 0.2) is 11.5 Å². The van der Waals surface area contributed by atoms with Crippen molar-refractivity contribution in [1.29, 1.82) is 0 Å². The summed E-state index contributed by atoms with van der Waals surface area (Å²) in [7, 11) is -0.653. The Morgan fingerprint density at radius 1 is 1.08 bits per heavy atom. The Kier molecular flexibility index (Phi) is 5.15. The van der Waals surface area contributed by atoms with Crippen LogP contribution in [-0.4, -0.2) is 34.6 Å². The molecule has 26 heavy (non-hydrogen) atoms. The molecular formula is C18H20N2O5S. The van der Waals surface area contributed by atoms with E-state index in [9.17, 15) is 13.2 Å². The molecule has 0 aromatic heterocycles. The fourth-order valence-corrected chi connectivity index (χ4v) is 3.84. The molecule has 2 aromatic carbocycles. The van der Waals surface area contributed by atoms with E-state index in [-0.39, 0.29) is 16.5 Å². The normalized spacial score (nSPS) is 13.9. The van der Waals surface area contributed by atoms with Crippen molar-refractivity contribution in [3.8, 4) is 11.5 Å². The molecule has 0 bridgehead atoms. The van der Waals surface area contributed by atoms with Gasteiger partial charge in [0.2, 0.25) is 10.0 Å². The Balaban J connectivity index is 1.83. The second-order valence-corrected chi connectivity index (χ2v) is 7.63. The maximum atomic E-state index is 12.6. The predicted molar refractivity (Wildman–Crippen MR) is 97.3 cm³/mol. The van der Waals surface area contributed by atoms with Gasteiger partial charge in [-0.15, -0.1) is 0 Å². The van der Waals surface area contributed by atoms with E-state index < -0.39 is 15.9 Å². The maximum absolute atomic E-state index is 12.6. The molecule has 0 aliphatic heterocycles. The Labute approximate surface area is 152 Å². The van der Waals surface area contributed by atoms with Crippen molar-refractivity contribution in [2.24, 2.45) is 0 Å². The number of anilines is 1. The first-order valence-electron chi connectivity index (χ1n) is 8.09. The highest BCUT2D eigenvalue weighted by atomic mass is 32.2. The molecule has 3 rings (SSSR count). The zero-order valence-electron chi connectivity index (χ0n) is 14.5. The molecule has 1 saturated carbocycles. The fourth-order valence-electron chi connectivity index (χ4n) is 2.49. The molecular weight excluding hydrogens is 356 g/mol. The number of amides is 1. The van der Waals surface area contributed by atoms with Gasteiger partial charge in [-0.25, -0.2) is 13.1 Å². The molecule has 1 fully saturated rings. The van der Waals surface area contributed by atoms with Crippen LogP contribution in [0.4, 0.5) is 5.69 Å². The van der Waals surface area contributed by atoms with Crippen molar-refractivity contribution in [2.75, 3.05) is 19.5 Å². The third-order valence-electron chi connectivity index (χ3n) is 3.95. The van der Waals surface area contributed by atoms with E-state index in [0.29, 0.717) is 17.2 Å². The highest BCUT2D eigenvalue weighted by Crippen LogP contribution is 2.31. The van der Waals surface area contributed by atoms with Crippen LogP contribution in [-0.2, 0) is 10.0 Å². The topological polar surface area (TPSA) is 93.7 Å². The summed E-state index contributed by atoms with van der Waals surface area (Å²) in [5.41, 5.74) is 0.662. The van der Waals surface area contributed by atoms with E-state index in [1.165, 1.54) is 26.4 Å². The molecule has 1 aliphatic rings. The minimum absolute atomic E-state index is 0.0132. The first-order valence-corrected chi connectivity index (χ1v) is 9.57. The van der Waals surface area contributed by atoms with Crippen molar-refractivity contribution in [2.45, 2.75) is 23.8 Å². The summed E-state index contributed by atoms with van der Waals surface area (Å²) in [6.45, 7) is 0. The van der Waals surface area contributed by atoms with E-state index in [0.717, 1.165) is 12.8 Å². The van der Waals surface area contributed by atoms with Crippen molar-refractivity contribution in [3.63, 3.8) is 0 Å². The SMILES string of the molecule is COc1cccc(C(=O)Nc2cccc(S(=O)(=O)NC3CC3)c2)c1OC. The number of carbonyl (C=O) groups excluding carboxylic acids is 1. The van der Waals surface area contributed by atoms with Gasteiger partial charge in [0, 0.05) is 11.7 Å². The van der Waals surface area contributed by atoms with Crippen LogP contribution in [0.25, 0.3) is 0 Å². The summed E-state index contributed by atoms with van der Waals surface area (Å²) >= 11 is 0. The van der Waals surface area contributed by atoms with E-state index in [1.807, 2.05) is 0 Å². The van der Waals surface area contributed by atoms with E-state index in [4.69, 9.17) is 9.47 Å². The zero-order valence-corrected chi connectivity index (χ0v) is 15.3. The minimum atomic E-state index is -3.59. The highest BCUT2D eigenvalue weighted by Gasteiger charge is 2.28. The molecule has 0 unspecified atom stereocenters. The van der Waals surface area contributed by atoms with Gasteiger partial charge in [-0.3, -0.25) is 4.79 Å². The Bertz CT molecular complexity index is 923. The summed E-state index contributed by atoms with van der Waals surface area (Å²) in [5, 5.41) is 2.70. The number of nitrogens with one attached hydrogen (secondary N) is 2. The molecule has 0 saturated heterocycles. The highest BCUT2D eigenvalue weighted by molar-refractivity contribution is 7.89. The number of sulfonamides is 1. The van der Waals surface area contributed by atoms with E-state index in [2.05, 4.69) is 10.0 Å². The van der Waals surface area contributed by atoms with Crippen LogP contribution in [0.3, 0.4) is 0 Å². The number of hydrogen-bond acceptors (Lipinski definition) is 5. The van der Waals surface area contributed by atoms with Crippen LogP contribution >= 0.6 is 0 Å². The van der Waals surface area contributed by atoms with Crippen molar-refractivity contribution in [1.82, 2.24) is 4.72 Å². The lowest BCUT2D eigenvalue weighted by Gasteiger charge is -2.13. The summed E-state index contributed by atoms with van der Waals surface area (Å²) in [4.78, 5) is 12.7. The van der Waals surface area contributed by atoms with Crippen molar-refractivity contribution < 1.29 is 22.7 Å². The monoisotopic (exact) mass is 376 g/mol. The van der Waals surface area contributed by atoms with Gasteiger partial charge in [-0.2, -0.15) is 0 Å². The molecule has 1 aliphatic carbocycles. The van der Waals surface area contributed by atoms with Gasteiger partial charge < -0.3 is 14.8 Å². The van der Waals surface area contributed by atoms with Crippen LogP contribution in [0.2, 0.25) is 0 Å². The Hall–Kier alpha value is -2.58. The summed E-state index contributed by atoms with van der Waals surface area (Å²) in [6, 6.07) is 11.1. The van der Waals surface area contributed by atoms with Crippen LogP contribution in [0.5, 0.6) is 11.5 Å². The quantitative estimate of drug-likeness (QED) is 0.774. The third kappa shape index (κ3) is 3.97. The van der Waals surface area contributed by atoms with Crippen LogP contribution < -0.4 is 19.5 Å². The van der Waals surface area contributed by atoms with Gasteiger partial charge in [0.25, 0.3) is 5.91 Å². The van der Waals surface area contributed by atoms with Gasteiger partial charge in [-0.05, 0) is 43.2 Å².